The highest BCUT2D eigenvalue weighted by atomic mass is 32.2. The second-order valence-electron chi connectivity index (χ2n) is 6.34. The summed E-state index contributed by atoms with van der Waals surface area (Å²) in [5.74, 6) is 0.0627. The lowest BCUT2D eigenvalue weighted by molar-refractivity contribution is -0.116. The zero-order chi connectivity index (χ0) is 18.4. The van der Waals surface area contributed by atoms with Crippen LogP contribution in [0.5, 0.6) is 0 Å². The van der Waals surface area contributed by atoms with Crippen LogP contribution in [0, 0.1) is 0 Å². The Morgan fingerprint density at radius 1 is 0.885 bits per heavy atom. The number of nitrogens with one attached hydrogen (secondary N) is 2. The Bertz CT molecular complexity index is 906. The average molecular weight is 370 g/mol. The van der Waals surface area contributed by atoms with Crippen LogP contribution in [0.1, 0.15) is 31.2 Å². The number of benzene rings is 2. The molecule has 1 aliphatic rings. The van der Waals surface area contributed by atoms with E-state index in [4.69, 9.17) is 0 Å². The number of ketones is 1. The number of para-hydroxylation sites is 2. The molecule has 0 saturated heterocycles. The van der Waals surface area contributed by atoms with Gasteiger partial charge in [0.25, 0.3) is 0 Å². The summed E-state index contributed by atoms with van der Waals surface area (Å²) in [7, 11) is -3.54. The van der Waals surface area contributed by atoms with Crippen molar-refractivity contribution in [3.05, 3.63) is 71.9 Å². The number of Topliss-reactive ketones (excluding diaryl/α,β-unsaturated/α-hetero) is 1. The molecule has 3 rings (SSSR count). The second kappa shape index (κ2) is 8.19. The summed E-state index contributed by atoms with van der Waals surface area (Å²) in [6.07, 6.45) is 4.98. The van der Waals surface area contributed by atoms with Crippen molar-refractivity contribution in [2.75, 3.05) is 10.0 Å². The lowest BCUT2D eigenvalue weighted by Crippen LogP contribution is -2.16. The molecule has 0 aliphatic heterocycles. The fourth-order valence-corrected chi connectivity index (χ4v) is 4.13. The molecule has 26 heavy (non-hydrogen) atoms. The first-order valence-corrected chi connectivity index (χ1v) is 10.3. The summed E-state index contributed by atoms with van der Waals surface area (Å²) >= 11 is 0. The third-order valence-corrected chi connectivity index (χ3v) is 5.50. The van der Waals surface area contributed by atoms with Gasteiger partial charge in [0, 0.05) is 18.2 Å². The van der Waals surface area contributed by atoms with Gasteiger partial charge in [0.1, 0.15) is 0 Å². The highest BCUT2D eigenvalue weighted by Crippen LogP contribution is 2.25. The molecule has 0 atom stereocenters. The number of hydrogen-bond acceptors (Lipinski definition) is 4. The van der Waals surface area contributed by atoms with E-state index in [1.54, 1.807) is 36.5 Å². The molecule has 1 aliphatic carbocycles. The number of anilines is 2. The summed E-state index contributed by atoms with van der Waals surface area (Å²) in [5, 5.41) is 3.09. The van der Waals surface area contributed by atoms with E-state index in [0.717, 1.165) is 30.4 Å². The first-order valence-electron chi connectivity index (χ1n) is 8.66. The number of carbonyl (C=O) groups excluding carboxylic acids is 1. The molecule has 0 amide bonds. The number of rotatable bonds is 6. The van der Waals surface area contributed by atoms with Crippen LogP contribution in [0.3, 0.4) is 0 Å². The second-order valence-corrected chi connectivity index (χ2v) is 8.06. The Hall–Kier alpha value is -2.60. The minimum Gasteiger partial charge on any atom is -0.360 e. The van der Waals surface area contributed by atoms with Crippen molar-refractivity contribution in [3.63, 3.8) is 0 Å². The van der Waals surface area contributed by atoms with E-state index in [0.29, 0.717) is 17.8 Å². The van der Waals surface area contributed by atoms with Crippen molar-refractivity contribution in [3.8, 4) is 0 Å². The fraction of sp³-hybridized carbons (Fsp3) is 0.250. The Morgan fingerprint density at radius 3 is 2.27 bits per heavy atom. The summed E-state index contributed by atoms with van der Waals surface area (Å²) in [5.41, 5.74) is 2.57. The minimum atomic E-state index is -3.54. The topological polar surface area (TPSA) is 75.3 Å². The Labute approximate surface area is 154 Å². The van der Waals surface area contributed by atoms with Crippen molar-refractivity contribution < 1.29 is 13.2 Å². The highest BCUT2D eigenvalue weighted by Gasteiger charge is 2.16. The molecule has 0 spiro atoms. The summed E-state index contributed by atoms with van der Waals surface area (Å²) in [6, 6.07) is 16.1. The van der Waals surface area contributed by atoms with Crippen molar-refractivity contribution in [1.82, 2.24) is 0 Å². The van der Waals surface area contributed by atoms with Gasteiger partial charge in [-0.1, -0.05) is 42.5 Å². The Balaban J connectivity index is 1.74. The molecule has 0 unspecified atom stereocenters. The van der Waals surface area contributed by atoms with Gasteiger partial charge in [-0.25, -0.2) is 8.42 Å². The summed E-state index contributed by atoms with van der Waals surface area (Å²) in [6.45, 7) is 0. The van der Waals surface area contributed by atoms with Crippen LogP contribution in [0.4, 0.5) is 11.4 Å². The van der Waals surface area contributed by atoms with Crippen molar-refractivity contribution >= 4 is 27.2 Å². The van der Waals surface area contributed by atoms with Gasteiger partial charge in [-0.2, -0.15) is 0 Å². The lowest BCUT2D eigenvalue weighted by atomic mass is 9.94. The lowest BCUT2D eigenvalue weighted by Gasteiger charge is -2.15. The van der Waals surface area contributed by atoms with Gasteiger partial charge in [-0.05, 0) is 37.0 Å². The van der Waals surface area contributed by atoms with Gasteiger partial charge >= 0.3 is 0 Å². The molecule has 136 valence electrons. The largest absolute Gasteiger partial charge is 0.360 e. The van der Waals surface area contributed by atoms with Crippen LogP contribution in [0.25, 0.3) is 0 Å². The van der Waals surface area contributed by atoms with E-state index in [2.05, 4.69) is 10.0 Å². The maximum absolute atomic E-state index is 12.5. The van der Waals surface area contributed by atoms with Crippen LogP contribution in [0.2, 0.25) is 0 Å². The van der Waals surface area contributed by atoms with E-state index in [-0.39, 0.29) is 11.5 Å². The van der Waals surface area contributed by atoms with Gasteiger partial charge in [0.05, 0.1) is 17.1 Å². The van der Waals surface area contributed by atoms with Crippen LogP contribution in [0.15, 0.2) is 66.4 Å². The zero-order valence-corrected chi connectivity index (χ0v) is 15.3. The quantitative estimate of drug-likeness (QED) is 0.752. The van der Waals surface area contributed by atoms with Crippen molar-refractivity contribution in [2.45, 2.75) is 31.4 Å². The van der Waals surface area contributed by atoms with Gasteiger partial charge in [-0.15, -0.1) is 0 Å². The predicted octanol–water partition coefficient (Wildman–Crippen LogP) is 4.07. The number of carbonyl (C=O) groups is 1. The van der Waals surface area contributed by atoms with Crippen molar-refractivity contribution in [2.24, 2.45) is 0 Å². The average Bonchev–Trinajstić information content (AvgIpc) is 2.62. The van der Waals surface area contributed by atoms with Crippen LogP contribution < -0.4 is 10.0 Å². The Kier molecular flexibility index (Phi) is 5.73. The number of hydrogen-bond donors (Lipinski definition) is 2. The van der Waals surface area contributed by atoms with E-state index >= 15 is 0 Å². The molecule has 6 heteroatoms. The minimum absolute atomic E-state index is 0.0955. The van der Waals surface area contributed by atoms with Crippen LogP contribution in [-0.4, -0.2) is 14.2 Å². The van der Waals surface area contributed by atoms with Crippen molar-refractivity contribution in [1.29, 1.82) is 0 Å². The molecule has 2 N–H and O–H groups in total. The Morgan fingerprint density at radius 2 is 1.54 bits per heavy atom. The fourth-order valence-electron chi connectivity index (χ4n) is 2.91. The smallest absolute Gasteiger partial charge is 0.236 e. The maximum atomic E-state index is 12.5. The molecule has 2 aromatic carbocycles. The van der Waals surface area contributed by atoms with Gasteiger partial charge < -0.3 is 5.32 Å². The zero-order valence-electron chi connectivity index (χ0n) is 14.4. The molecular weight excluding hydrogens is 348 g/mol. The predicted molar refractivity (Wildman–Crippen MR) is 104 cm³/mol. The van der Waals surface area contributed by atoms with Crippen LogP contribution in [-0.2, 0) is 20.6 Å². The molecule has 1 saturated carbocycles. The normalized spacial score (nSPS) is 16.5. The van der Waals surface area contributed by atoms with Gasteiger partial charge in [0.2, 0.25) is 10.0 Å². The molecule has 0 radical (unpaired) electrons. The van der Waals surface area contributed by atoms with E-state index in [1.807, 2.05) is 24.3 Å². The standard InChI is InChI=1S/C20H22N2O3S/c23-20-13-7-4-10-17(20)14-21-18-11-5-6-12-19(18)22-26(24,25)15-16-8-2-1-3-9-16/h1-3,5-6,8-9,11-12,14,21-22H,4,7,10,13,15H2/b17-14+. The summed E-state index contributed by atoms with van der Waals surface area (Å²) in [4.78, 5) is 11.9. The number of sulfonamides is 1. The molecule has 0 aromatic heterocycles. The SMILES string of the molecule is O=C1CCCC/C1=C\Nc1ccccc1NS(=O)(=O)Cc1ccccc1. The van der Waals surface area contributed by atoms with E-state index in [1.165, 1.54) is 0 Å². The summed E-state index contributed by atoms with van der Waals surface area (Å²) < 4.78 is 27.6. The third kappa shape index (κ3) is 4.95. The highest BCUT2D eigenvalue weighted by molar-refractivity contribution is 7.91. The van der Waals surface area contributed by atoms with Gasteiger partial charge in [-0.3, -0.25) is 9.52 Å². The first kappa shape index (κ1) is 18.2. The third-order valence-electron chi connectivity index (χ3n) is 4.25. The monoisotopic (exact) mass is 370 g/mol. The van der Waals surface area contributed by atoms with Crippen LogP contribution >= 0.6 is 0 Å². The molecule has 1 fully saturated rings. The first-order chi connectivity index (χ1) is 12.5. The van der Waals surface area contributed by atoms with E-state index in [9.17, 15) is 13.2 Å². The van der Waals surface area contributed by atoms with Gasteiger partial charge in [0.15, 0.2) is 5.78 Å². The molecule has 0 heterocycles. The molecule has 2 aromatic rings. The van der Waals surface area contributed by atoms with E-state index < -0.39 is 10.0 Å². The molecular formula is C20H22N2O3S. The number of allylic oxidation sites excluding steroid dienone is 1. The molecule has 0 bridgehead atoms. The maximum Gasteiger partial charge on any atom is 0.236 e. The molecule has 5 nitrogen and oxygen atoms in total.